The molecule has 0 rings (SSSR count). The topological polar surface area (TPSA) is 78.9 Å². The smallest absolute Gasteiger partial charge is 0.310 e. The van der Waals surface area contributed by atoms with Gasteiger partial charge in [0.2, 0.25) is 0 Å². The van der Waals surface area contributed by atoms with Crippen molar-refractivity contribution in [2.45, 2.75) is 232 Å². The second kappa shape index (κ2) is 49.2. The first-order valence-electron chi connectivity index (χ1n) is 25.1. The van der Waals surface area contributed by atoms with Gasteiger partial charge in [-0.15, -0.1) is 0 Å². The van der Waals surface area contributed by atoms with E-state index < -0.39 is 12.1 Å². The van der Waals surface area contributed by atoms with Gasteiger partial charge in [-0.2, -0.15) is 0 Å². The van der Waals surface area contributed by atoms with E-state index in [1.54, 1.807) is 6.08 Å². The fraction of sp³-hybridized carbons (Fsp3) is 0.691. The molecule has 0 radical (unpaired) electrons. The Labute approximate surface area is 375 Å². The van der Waals surface area contributed by atoms with E-state index in [1.807, 2.05) is 6.08 Å². The van der Waals surface area contributed by atoms with E-state index >= 15 is 0 Å². The summed E-state index contributed by atoms with van der Waals surface area (Å²) in [5.74, 6) is -1.07. The van der Waals surface area contributed by atoms with Crippen LogP contribution in [0.3, 0.4) is 0 Å². The lowest BCUT2D eigenvalue weighted by atomic mass is 10.1. The monoisotopic (exact) mass is 849 g/mol. The zero-order chi connectivity index (χ0) is 44.4. The van der Waals surface area contributed by atoms with E-state index in [9.17, 15) is 14.4 Å². The normalized spacial score (nSPS) is 12.8. The van der Waals surface area contributed by atoms with Crippen LogP contribution in [-0.2, 0) is 28.6 Å². The minimum absolute atomic E-state index is 0.0937. The third kappa shape index (κ3) is 47.5. The molecule has 61 heavy (non-hydrogen) atoms. The van der Waals surface area contributed by atoms with Crippen LogP contribution >= 0.6 is 0 Å². The molecule has 0 aromatic carbocycles. The Hall–Kier alpha value is -3.41. The molecule has 0 N–H and O–H groups in total. The Morgan fingerprint density at radius 3 is 1.11 bits per heavy atom. The lowest BCUT2D eigenvalue weighted by Gasteiger charge is -2.18. The summed E-state index contributed by atoms with van der Waals surface area (Å²) in [5, 5.41) is 0. The molecule has 1 unspecified atom stereocenters. The third-order valence-corrected chi connectivity index (χ3v) is 10.4. The number of hydrogen-bond donors (Lipinski definition) is 0. The largest absolute Gasteiger partial charge is 0.462 e. The molecule has 0 heterocycles. The predicted octanol–water partition coefficient (Wildman–Crippen LogP) is 16.4. The van der Waals surface area contributed by atoms with Crippen LogP contribution in [0.2, 0.25) is 0 Å². The Bertz CT molecular complexity index is 1200. The Morgan fingerprint density at radius 1 is 0.361 bits per heavy atom. The Balaban J connectivity index is 4.50. The number of ether oxygens (including phenoxy) is 3. The van der Waals surface area contributed by atoms with Crippen molar-refractivity contribution in [3.8, 4) is 0 Å². The van der Waals surface area contributed by atoms with Gasteiger partial charge in [-0.05, 0) is 89.9 Å². The van der Waals surface area contributed by atoms with E-state index in [-0.39, 0.29) is 31.6 Å². The number of rotatable bonds is 44. The molecule has 348 valence electrons. The molecule has 0 aliphatic heterocycles. The molecule has 0 aromatic rings. The van der Waals surface area contributed by atoms with Crippen molar-refractivity contribution in [3.63, 3.8) is 0 Å². The van der Waals surface area contributed by atoms with Crippen molar-refractivity contribution in [1.82, 2.24) is 0 Å². The van der Waals surface area contributed by atoms with Gasteiger partial charge in [0.25, 0.3) is 0 Å². The summed E-state index contributed by atoms with van der Waals surface area (Å²) in [4.78, 5) is 37.8. The maximum absolute atomic E-state index is 12.7. The predicted molar refractivity (Wildman–Crippen MR) is 261 cm³/mol. The number of carbonyl (C=O) groups excluding carboxylic acids is 3. The number of hydrogen-bond acceptors (Lipinski definition) is 6. The van der Waals surface area contributed by atoms with E-state index in [0.717, 1.165) is 83.5 Å². The molecule has 0 saturated carbocycles. The standard InChI is InChI=1S/C55H92O6/c1-4-7-10-13-16-19-22-24-26-27-29-30-33-36-39-42-45-48-54(57)60-51-52(50-59-53(56)47-44-41-38-35-32-21-18-15-12-9-6-3)61-55(58)49-46-43-40-37-34-31-28-25-23-20-17-14-11-8-5-2/h8,11,15,17-18,20,24-26,28,34,37,43,46,52H,4-7,9-10,12-14,16,19,21-23,27,29-33,35-36,38-42,44-45,47-51H2,1-3H3/b11-8-,18-15-,20-17-,26-24-,28-25-,37-34-,46-43-. The molecule has 6 nitrogen and oxygen atoms in total. The van der Waals surface area contributed by atoms with Gasteiger partial charge in [0, 0.05) is 12.8 Å². The maximum Gasteiger partial charge on any atom is 0.310 e. The highest BCUT2D eigenvalue weighted by molar-refractivity contribution is 5.72. The first kappa shape index (κ1) is 57.6. The van der Waals surface area contributed by atoms with Gasteiger partial charge in [0.05, 0.1) is 6.42 Å². The van der Waals surface area contributed by atoms with Crippen LogP contribution in [0, 0.1) is 0 Å². The van der Waals surface area contributed by atoms with E-state index in [0.29, 0.717) is 12.8 Å². The number of allylic oxidation sites excluding steroid dienone is 13. The highest BCUT2D eigenvalue weighted by atomic mass is 16.6. The van der Waals surface area contributed by atoms with Crippen LogP contribution in [-0.4, -0.2) is 37.2 Å². The molecule has 0 bridgehead atoms. The fourth-order valence-electron chi connectivity index (χ4n) is 6.61. The van der Waals surface area contributed by atoms with Gasteiger partial charge in [-0.1, -0.05) is 202 Å². The lowest BCUT2D eigenvalue weighted by molar-refractivity contribution is -0.166. The summed E-state index contributed by atoms with van der Waals surface area (Å²) in [6, 6.07) is 0. The van der Waals surface area contributed by atoms with Gasteiger partial charge >= 0.3 is 17.9 Å². The first-order valence-corrected chi connectivity index (χ1v) is 25.1. The van der Waals surface area contributed by atoms with Crippen LogP contribution in [0.4, 0.5) is 0 Å². The molecule has 1 atom stereocenters. The number of esters is 3. The summed E-state index contributed by atoms with van der Waals surface area (Å²) in [7, 11) is 0. The summed E-state index contributed by atoms with van der Waals surface area (Å²) >= 11 is 0. The fourth-order valence-corrected chi connectivity index (χ4v) is 6.61. The van der Waals surface area contributed by atoms with Crippen molar-refractivity contribution in [3.05, 3.63) is 85.1 Å². The maximum atomic E-state index is 12.7. The molecule has 0 aliphatic rings. The van der Waals surface area contributed by atoms with Crippen LogP contribution in [0.15, 0.2) is 85.1 Å². The van der Waals surface area contributed by atoms with Gasteiger partial charge < -0.3 is 14.2 Å². The van der Waals surface area contributed by atoms with E-state index in [1.165, 1.54) is 103 Å². The lowest BCUT2D eigenvalue weighted by Crippen LogP contribution is -2.30. The Morgan fingerprint density at radius 2 is 0.705 bits per heavy atom. The zero-order valence-electron chi connectivity index (χ0n) is 39.7. The van der Waals surface area contributed by atoms with Crippen molar-refractivity contribution in [2.75, 3.05) is 13.2 Å². The van der Waals surface area contributed by atoms with Crippen molar-refractivity contribution >= 4 is 17.9 Å². The minimum Gasteiger partial charge on any atom is -0.462 e. The van der Waals surface area contributed by atoms with E-state index in [4.69, 9.17) is 14.2 Å². The van der Waals surface area contributed by atoms with Gasteiger partial charge in [-0.3, -0.25) is 14.4 Å². The average molecular weight is 849 g/mol. The second-order valence-electron chi connectivity index (χ2n) is 16.4. The summed E-state index contributed by atoms with van der Waals surface area (Å²) < 4.78 is 16.6. The molecule has 0 saturated heterocycles. The van der Waals surface area contributed by atoms with Crippen LogP contribution in [0.5, 0.6) is 0 Å². The number of unbranched alkanes of at least 4 members (excludes halogenated alkanes) is 20. The third-order valence-electron chi connectivity index (χ3n) is 10.4. The summed E-state index contributed by atoms with van der Waals surface area (Å²) in [6.07, 6.45) is 63.1. The average Bonchev–Trinajstić information content (AvgIpc) is 3.26. The molecule has 0 fully saturated rings. The molecule has 0 aromatic heterocycles. The zero-order valence-corrected chi connectivity index (χ0v) is 39.7. The highest BCUT2D eigenvalue weighted by Gasteiger charge is 2.19. The van der Waals surface area contributed by atoms with Crippen molar-refractivity contribution < 1.29 is 28.6 Å². The molecule has 0 amide bonds. The number of carbonyl (C=O) groups is 3. The molecular weight excluding hydrogens is 757 g/mol. The molecule has 0 aliphatic carbocycles. The van der Waals surface area contributed by atoms with E-state index in [2.05, 4.69) is 93.7 Å². The van der Waals surface area contributed by atoms with Gasteiger partial charge in [0.1, 0.15) is 13.2 Å². The first-order chi connectivity index (χ1) is 30.0. The second-order valence-corrected chi connectivity index (χ2v) is 16.4. The molecule has 0 spiro atoms. The molecular formula is C55H92O6. The summed E-state index contributed by atoms with van der Waals surface area (Å²) in [5.41, 5.74) is 0. The SMILES string of the molecule is CC/C=C\C/C=C\C/C=C\C/C=C\C/C=C\CC(=O)OC(COC(=O)CCCCCCC/C=C\CCCC)COC(=O)CCCCCCCCC/C=C\CCCCCCCC. The summed E-state index contributed by atoms with van der Waals surface area (Å²) in [6.45, 7) is 6.38. The van der Waals surface area contributed by atoms with Crippen molar-refractivity contribution in [2.24, 2.45) is 0 Å². The minimum atomic E-state index is -0.834. The van der Waals surface area contributed by atoms with Gasteiger partial charge in [0.15, 0.2) is 6.10 Å². The van der Waals surface area contributed by atoms with Crippen LogP contribution in [0.1, 0.15) is 226 Å². The van der Waals surface area contributed by atoms with Crippen LogP contribution < -0.4 is 0 Å². The quantitative estimate of drug-likeness (QED) is 0.0263. The highest BCUT2D eigenvalue weighted by Crippen LogP contribution is 2.13. The van der Waals surface area contributed by atoms with Gasteiger partial charge in [-0.25, -0.2) is 0 Å². The Kier molecular flexibility index (Phi) is 46.5. The van der Waals surface area contributed by atoms with Crippen LogP contribution in [0.25, 0.3) is 0 Å². The van der Waals surface area contributed by atoms with Crippen molar-refractivity contribution in [1.29, 1.82) is 0 Å². The molecule has 6 heteroatoms.